The Morgan fingerprint density at radius 1 is 0.542 bits per heavy atom. The van der Waals surface area contributed by atoms with Crippen LogP contribution in [0.5, 0.6) is 0 Å². The van der Waals surface area contributed by atoms with Gasteiger partial charge in [-0.05, 0) is 174 Å². The molecule has 6 aromatic rings. The summed E-state index contributed by atoms with van der Waals surface area (Å²) >= 11 is 12.9. The standard InChI is InChI=1S/C29H34ClN3O2.C19H24ClN3O.C10H12O2.ClH/c1-29(2,23-6-4-3-5-7-23)28(35)33-16-11-21(12-17-33)20-9-14-32(15-10-20)24-18-22-8-13-31-27(34)26(22)25(30)19-24;20-17-12-16(11-15-3-8-22-19(24)18(15)17)23-9-4-14(5-10-23)13-1-6-21-7-2-13;1-10(2,9(11)12)8-6-4-3-5-7-8;/h3-8,13,18-21H,9-12,14-17H2,1-2H3,(H,31,34);3,8,11-14,21H,1-2,4-7,9-10H2,(H,22,24);3-7H,1-2H3,(H,11,12);1H. The Kier molecular flexibility index (Phi) is 18.3. The zero-order chi connectivity index (χ0) is 50.3. The zero-order valence-electron chi connectivity index (χ0n) is 42.1. The number of carboxylic acids is 1. The van der Waals surface area contributed by atoms with Crippen LogP contribution >= 0.6 is 35.6 Å². The number of amides is 1. The number of aliphatic carboxylic acids is 1. The van der Waals surface area contributed by atoms with Crippen LogP contribution in [0, 0.1) is 23.7 Å². The number of likely N-dealkylation sites (tertiary alicyclic amines) is 1. The van der Waals surface area contributed by atoms with E-state index in [1.165, 1.54) is 38.8 Å². The number of aromatic nitrogens is 2. The molecule has 6 heterocycles. The molecular formula is C58H71Cl3N6O5. The summed E-state index contributed by atoms with van der Waals surface area (Å²) in [6, 6.07) is 31.2. The molecule has 11 nitrogen and oxygen atoms in total. The Morgan fingerprint density at radius 3 is 1.32 bits per heavy atom. The minimum atomic E-state index is -0.797. The highest BCUT2D eigenvalue weighted by molar-refractivity contribution is 6.36. The van der Waals surface area contributed by atoms with Crippen molar-refractivity contribution in [2.75, 3.05) is 62.2 Å². The fraction of sp³-hybridized carbons (Fsp3) is 0.448. The second kappa shape index (κ2) is 24.1. The van der Waals surface area contributed by atoms with Crippen molar-refractivity contribution in [3.8, 4) is 0 Å². The number of carbonyl (C=O) groups is 2. The minimum Gasteiger partial charge on any atom is -0.481 e. The molecule has 0 unspecified atom stereocenters. The van der Waals surface area contributed by atoms with Gasteiger partial charge >= 0.3 is 5.97 Å². The monoisotopic (exact) mass is 1040 g/mol. The number of carboxylic acid groups (broad SMARTS) is 1. The van der Waals surface area contributed by atoms with E-state index in [-0.39, 0.29) is 29.4 Å². The molecule has 0 aliphatic carbocycles. The van der Waals surface area contributed by atoms with E-state index in [0.29, 0.717) is 32.7 Å². The maximum Gasteiger partial charge on any atom is 0.313 e. The number of hydrogen-bond donors (Lipinski definition) is 4. The van der Waals surface area contributed by atoms with Crippen molar-refractivity contribution in [3.63, 3.8) is 0 Å². The first-order valence-electron chi connectivity index (χ1n) is 25.6. The lowest BCUT2D eigenvalue weighted by molar-refractivity contribution is -0.142. The molecule has 4 aliphatic heterocycles. The van der Waals surface area contributed by atoms with E-state index in [9.17, 15) is 19.2 Å². The minimum absolute atomic E-state index is 0. The first-order chi connectivity index (χ1) is 34.1. The van der Waals surface area contributed by atoms with Crippen LogP contribution in [-0.4, -0.2) is 84.2 Å². The SMILES string of the molecule is CC(C)(C(=O)N1CCC(C2CCN(c3cc(Cl)c4c(=O)[nH]ccc4c3)CC2)CC1)c1ccccc1.CC(C)(C(=O)O)c1ccccc1.Cl.O=c1[nH]ccc2cc(N3CCC(C4CCNCC4)CC3)cc(Cl)c12. The van der Waals surface area contributed by atoms with Crippen LogP contribution in [0.2, 0.25) is 10.0 Å². The molecule has 4 N–H and O–H groups in total. The van der Waals surface area contributed by atoms with Crippen molar-refractivity contribution in [1.29, 1.82) is 0 Å². The van der Waals surface area contributed by atoms with Gasteiger partial charge in [-0.3, -0.25) is 19.2 Å². The molecule has 4 aliphatic rings. The Labute approximate surface area is 440 Å². The first-order valence-corrected chi connectivity index (χ1v) is 26.3. The number of halogens is 3. The van der Waals surface area contributed by atoms with Gasteiger partial charge in [0.1, 0.15) is 0 Å². The normalized spacial score (nSPS) is 17.6. The number of benzene rings is 4. The number of H-pyrrole nitrogens is 2. The van der Waals surface area contributed by atoms with Crippen molar-refractivity contribution in [2.45, 2.75) is 89.9 Å². The molecule has 0 radical (unpaired) electrons. The third-order valence-corrected chi connectivity index (χ3v) is 16.6. The van der Waals surface area contributed by atoms with Gasteiger partial charge in [0, 0.05) is 63.0 Å². The van der Waals surface area contributed by atoms with Gasteiger partial charge in [0.25, 0.3) is 11.1 Å². The van der Waals surface area contributed by atoms with Crippen molar-refractivity contribution < 1.29 is 14.7 Å². The Hall–Kier alpha value is -5.33. The van der Waals surface area contributed by atoms with Gasteiger partial charge in [0.15, 0.2) is 0 Å². The third-order valence-electron chi connectivity index (χ3n) is 16.0. The lowest BCUT2D eigenvalue weighted by atomic mass is 9.77. The summed E-state index contributed by atoms with van der Waals surface area (Å²) in [6.45, 7) is 15.7. The van der Waals surface area contributed by atoms with Crippen LogP contribution in [0.3, 0.4) is 0 Å². The second-order valence-electron chi connectivity index (χ2n) is 21.1. The Bertz CT molecular complexity index is 2880. The quantitative estimate of drug-likeness (QED) is 0.118. The third kappa shape index (κ3) is 12.5. The predicted octanol–water partition coefficient (Wildman–Crippen LogP) is 11.5. The molecule has 1 amide bonds. The average Bonchev–Trinajstić information content (AvgIpc) is 3.39. The van der Waals surface area contributed by atoms with Crippen LogP contribution in [0.4, 0.5) is 11.4 Å². The van der Waals surface area contributed by atoms with Gasteiger partial charge in [-0.25, -0.2) is 0 Å². The van der Waals surface area contributed by atoms with Crippen LogP contribution in [0.15, 0.2) is 119 Å². The average molecular weight is 1040 g/mol. The van der Waals surface area contributed by atoms with E-state index in [0.717, 1.165) is 110 Å². The molecule has 10 rings (SSSR count). The molecule has 0 bridgehead atoms. The summed E-state index contributed by atoms with van der Waals surface area (Å²) in [5.41, 5.74) is 2.60. The van der Waals surface area contributed by atoms with Crippen molar-refractivity contribution >= 4 is 80.4 Å². The summed E-state index contributed by atoms with van der Waals surface area (Å²) in [5.74, 6) is 2.58. The number of hydrogen-bond acceptors (Lipinski definition) is 7. The molecule has 4 aromatic carbocycles. The van der Waals surface area contributed by atoms with Gasteiger partial charge in [-0.15, -0.1) is 12.4 Å². The summed E-state index contributed by atoms with van der Waals surface area (Å²) in [7, 11) is 0. The Balaban J connectivity index is 0.000000177. The highest BCUT2D eigenvalue weighted by Crippen LogP contribution is 2.38. The van der Waals surface area contributed by atoms with Crippen molar-refractivity contribution in [2.24, 2.45) is 23.7 Å². The fourth-order valence-corrected chi connectivity index (χ4v) is 12.0. The van der Waals surface area contributed by atoms with Gasteiger partial charge in [0.2, 0.25) is 5.91 Å². The number of rotatable bonds is 8. The molecule has 4 fully saturated rings. The number of nitrogens with zero attached hydrogens (tertiary/aromatic N) is 3. The number of fused-ring (bicyclic) bond motifs is 2. The highest BCUT2D eigenvalue weighted by atomic mass is 35.5. The summed E-state index contributed by atoms with van der Waals surface area (Å²) < 4.78 is 0. The summed E-state index contributed by atoms with van der Waals surface area (Å²) in [6.07, 6.45) is 13.0. The zero-order valence-corrected chi connectivity index (χ0v) is 44.4. The highest BCUT2D eigenvalue weighted by Gasteiger charge is 2.37. The Morgan fingerprint density at radius 2 is 0.917 bits per heavy atom. The molecule has 2 aromatic heterocycles. The van der Waals surface area contributed by atoms with Crippen LogP contribution in [0.1, 0.15) is 90.2 Å². The smallest absolute Gasteiger partial charge is 0.313 e. The molecule has 72 heavy (non-hydrogen) atoms. The summed E-state index contributed by atoms with van der Waals surface area (Å²) in [5, 5.41) is 16.4. The van der Waals surface area contributed by atoms with E-state index in [1.54, 1.807) is 26.2 Å². The molecule has 0 spiro atoms. The van der Waals surface area contributed by atoms with E-state index >= 15 is 0 Å². The maximum atomic E-state index is 13.3. The maximum absolute atomic E-state index is 13.3. The van der Waals surface area contributed by atoms with Crippen molar-refractivity contribution in [3.05, 3.63) is 151 Å². The van der Waals surface area contributed by atoms with Gasteiger partial charge in [-0.1, -0.05) is 83.9 Å². The fourth-order valence-electron chi connectivity index (χ4n) is 11.4. The van der Waals surface area contributed by atoms with Crippen molar-refractivity contribution in [1.82, 2.24) is 20.2 Å². The molecule has 0 saturated carbocycles. The molecule has 4 saturated heterocycles. The van der Waals surface area contributed by atoms with E-state index in [4.69, 9.17) is 28.3 Å². The van der Waals surface area contributed by atoms with Gasteiger partial charge < -0.3 is 35.1 Å². The number of pyridine rings is 2. The second-order valence-corrected chi connectivity index (χ2v) is 21.9. The topological polar surface area (TPSA) is 142 Å². The van der Waals surface area contributed by atoms with Crippen LogP contribution in [0.25, 0.3) is 21.5 Å². The summed E-state index contributed by atoms with van der Waals surface area (Å²) in [4.78, 5) is 60.5. The number of aromatic amines is 2. The van der Waals surface area contributed by atoms with Gasteiger partial charge in [-0.2, -0.15) is 0 Å². The van der Waals surface area contributed by atoms with Crippen LogP contribution < -0.4 is 26.2 Å². The lowest BCUT2D eigenvalue weighted by Crippen LogP contribution is -2.48. The van der Waals surface area contributed by atoms with Crippen LogP contribution in [-0.2, 0) is 20.4 Å². The number of anilines is 2. The van der Waals surface area contributed by atoms with E-state index in [2.05, 4.69) is 54.2 Å². The molecule has 384 valence electrons. The van der Waals surface area contributed by atoms with E-state index < -0.39 is 16.8 Å². The molecule has 0 atom stereocenters. The van der Waals surface area contributed by atoms with E-state index in [1.807, 2.05) is 86.6 Å². The molecular weight excluding hydrogens is 967 g/mol. The largest absolute Gasteiger partial charge is 0.481 e. The lowest BCUT2D eigenvalue weighted by Gasteiger charge is -2.42. The predicted molar refractivity (Wildman–Crippen MR) is 298 cm³/mol. The van der Waals surface area contributed by atoms with Gasteiger partial charge in [0.05, 0.1) is 31.6 Å². The number of piperidine rings is 4. The first kappa shape index (κ1) is 54.4. The molecule has 14 heteroatoms. The number of carbonyl (C=O) groups excluding carboxylic acids is 1. The number of nitrogens with one attached hydrogen (secondary N) is 3.